The molecule has 2 amide bonds. The molecule has 4 atom stereocenters. The van der Waals surface area contributed by atoms with Crippen LogP contribution in [-0.2, 0) is 19.1 Å². The molecule has 0 bridgehead atoms. The first-order chi connectivity index (χ1) is 15.6. The monoisotopic (exact) mass is 458 g/mol. The Hall–Kier alpha value is -2.57. The van der Waals surface area contributed by atoms with Gasteiger partial charge in [-0.3, -0.25) is 9.59 Å². The first kappa shape index (κ1) is 25.1. The highest BCUT2D eigenvalue weighted by Crippen LogP contribution is 2.32. The summed E-state index contributed by atoms with van der Waals surface area (Å²) in [5.74, 6) is -0.226. The van der Waals surface area contributed by atoms with Gasteiger partial charge in [-0.05, 0) is 45.1 Å². The van der Waals surface area contributed by atoms with E-state index in [-0.39, 0.29) is 29.9 Å². The zero-order chi connectivity index (χ0) is 24.0. The lowest BCUT2D eigenvalue weighted by atomic mass is 9.83. The summed E-state index contributed by atoms with van der Waals surface area (Å²) < 4.78 is 11.0. The van der Waals surface area contributed by atoms with E-state index in [1.165, 1.54) is 19.3 Å². The summed E-state index contributed by atoms with van der Waals surface area (Å²) in [6, 6.07) is 7.91. The molecule has 2 fully saturated rings. The Bertz CT molecular complexity index is 814. The predicted molar refractivity (Wildman–Crippen MR) is 125 cm³/mol. The summed E-state index contributed by atoms with van der Waals surface area (Å²) >= 11 is 0. The number of benzene rings is 1. The van der Waals surface area contributed by atoms with Crippen molar-refractivity contribution in [2.24, 2.45) is 11.8 Å². The van der Waals surface area contributed by atoms with Crippen LogP contribution in [0.5, 0.6) is 0 Å². The molecular formula is C26H38N2O5. The number of alkyl carbamates (subject to hydrolysis) is 1. The number of hydrogen-bond donors (Lipinski definition) is 2. The maximum atomic E-state index is 13.5. The van der Waals surface area contributed by atoms with Crippen molar-refractivity contribution in [1.29, 1.82) is 0 Å². The van der Waals surface area contributed by atoms with Crippen LogP contribution in [0.2, 0.25) is 0 Å². The van der Waals surface area contributed by atoms with E-state index in [1.54, 1.807) is 32.9 Å². The van der Waals surface area contributed by atoms with E-state index in [1.807, 2.05) is 25.1 Å². The van der Waals surface area contributed by atoms with Gasteiger partial charge in [0.2, 0.25) is 5.91 Å². The lowest BCUT2D eigenvalue weighted by Crippen LogP contribution is -2.50. The van der Waals surface area contributed by atoms with Gasteiger partial charge in [0.15, 0.2) is 0 Å². The maximum absolute atomic E-state index is 13.5. The molecule has 2 aliphatic rings. The second-order valence-electron chi connectivity index (χ2n) is 10.5. The highest BCUT2D eigenvalue weighted by molar-refractivity contribution is 5.87. The number of esters is 1. The number of carbonyl (C=O) groups is 3. The molecule has 1 saturated carbocycles. The number of ether oxygens (including phenoxy) is 2. The van der Waals surface area contributed by atoms with Gasteiger partial charge in [-0.1, -0.05) is 69.4 Å². The van der Waals surface area contributed by atoms with Crippen molar-refractivity contribution in [3.63, 3.8) is 0 Å². The summed E-state index contributed by atoms with van der Waals surface area (Å²) in [7, 11) is 0. The van der Waals surface area contributed by atoms with Crippen LogP contribution < -0.4 is 10.6 Å². The number of amides is 2. The fourth-order valence-corrected chi connectivity index (χ4v) is 4.73. The number of nitrogens with one attached hydrogen (secondary N) is 2. The first-order valence-corrected chi connectivity index (χ1v) is 12.2. The second kappa shape index (κ2) is 11.0. The van der Waals surface area contributed by atoms with Crippen molar-refractivity contribution < 1.29 is 23.9 Å². The topological polar surface area (TPSA) is 93.7 Å². The summed E-state index contributed by atoms with van der Waals surface area (Å²) in [5, 5.41) is 5.85. The lowest BCUT2D eigenvalue weighted by molar-refractivity contribution is -0.145. The van der Waals surface area contributed by atoms with Gasteiger partial charge in [-0.15, -0.1) is 0 Å². The fraction of sp³-hybridized carbons (Fsp3) is 0.654. The van der Waals surface area contributed by atoms with E-state index in [9.17, 15) is 14.4 Å². The number of rotatable bonds is 7. The van der Waals surface area contributed by atoms with Crippen molar-refractivity contribution in [3.8, 4) is 0 Å². The van der Waals surface area contributed by atoms with E-state index in [0.29, 0.717) is 17.9 Å². The minimum atomic E-state index is -0.913. The molecule has 182 valence electrons. The van der Waals surface area contributed by atoms with Gasteiger partial charge in [0.25, 0.3) is 0 Å². The second-order valence-corrected chi connectivity index (χ2v) is 10.5. The zero-order valence-corrected chi connectivity index (χ0v) is 20.3. The highest BCUT2D eigenvalue weighted by atomic mass is 16.6. The lowest BCUT2D eigenvalue weighted by Gasteiger charge is -2.31. The Labute approximate surface area is 197 Å². The molecule has 1 saturated heterocycles. The quantitative estimate of drug-likeness (QED) is 0.580. The smallest absolute Gasteiger partial charge is 0.408 e. The van der Waals surface area contributed by atoms with E-state index in [4.69, 9.17) is 9.47 Å². The Morgan fingerprint density at radius 1 is 1.09 bits per heavy atom. The molecule has 1 aliphatic carbocycles. The minimum Gasteiger partial charge on any atom is -0.460 e. The van der Waals surface area contributed by atoms with Gasteiger partial charge in [0, 0.05) is 0 Å². The summed E-state index contributed by atoms with van der Waals surface area (Å²) in [6.07, 6.45) is 6.24. The van der Waals surface area contributed by atoms with Crippen molar-refractivity contribution in [1.82, 2.24) is 10.6 Å². The molecule has 1 heterocycles. The van der Waals surface area contributed by atoms with E-state index in [0.717, 1.165) is 19.3 Å². The normalized spacial score (nSPS) is 23.3. The zero-order valence-electron chi connectivity index (χ0n) is 20.3. The van der Waals surface area contributed by atoms with Crippen LogP contribution >= 0.6 is 0 Å². The van der Waals surface area contributed by atoms with Crippen LogP contribution in [0.1, 0.15) is 84.2 Å². The SMILES string of the molecule is C[C@@H]1C[C@@H]([C@H](CC2CCCCC2)NC(=O)[C@@H](NC(=O)OC(C)(C)C)c2ccccc2)OC1=O. The third kappa shape index (κ3) is 7.47. The molecule has 0 aromatic heterocycles. The van der Waals surface area contributed by atoms with Crippen LogP contribution in [0.25, 0.3) is 0 Å². The third-order valence-electron chi connectivity index (χ3n) is 6.40. The third-order valence-corrected chi connectivity index (χ3v) is 6.40. The molecule has 1 aliphatic heterocycles. The molecule has 1 aromatic rings. The van der Waals surface area contributed by atoms with Gasteiger partial charge in [0.1, 0.15) is 17.7 Å². The van der Waals surface area contributed by atoms with Gasteiger partial charge < -0.3 is 20.1 Å². The number of carbonyl (C=O) groups excluding carboxylic acids is 3. The molecule has 33 heavy (non-hydrogen) atoms. The van der Waals surface area contributed by atoms with Crippen LogP contribution in [0.15, 0.2) is 30.3 Å². The summed E-state index contributed by atoms with van der Waals surface area (Å²) in [5.41, 5.74) is -0.0199. The van der Waals surface area contributed by atoms with Crippen LogP contribution in [0, 0.1) is 11.8 Å². The van der Waals surface area contributed by atoms with Crippen molar-refractivity contribution in [2.45, 2.75) is 96.4 Å². The maximum Gasteiger partial charge on any atom is 0.408 e. The largest absolute Gasteiger partial charge is 0.460 e. The average molecular weight is 459 g/mol. The van der Waals surface area contributed by atoms with Crippen LogP contribution in [-0.4, -0.2) is 35.7 Å². The predicted octanol–water partition coefficient (Wildman–Crippen LogP) is 4.66. The summed E-state index contributed by atoms with van der Waals surface area (Å²) in [6.45, 7) is 7.19. The minimum absolute atomic E-state index is 0.175. The van der Waals surface area contributed by atoms with Gasteiger partial charge in [-0.2, -0.15) is 0 Å². The standard InChI is InChI=1S/C26H38N2O5/c1-17-15-21(32-24(17)30)20(16-18-11-7-5-8-12-18)27-23(29)22(19-13-9-6-10-14-19)28-25(31)33-26(2,3)4/h6,9-10,13-14,17-18,20-22H,5,7-8,11-12,15-16H2,1-4H3,(H,27,29)(H,28,31)/t17-,20+,21+,22+/m1/s1. The Morgan fingerprint density at radius 2 is 1.76 bits per heavy atom. The molecule has 0 unspecified atom stereocenters. The average Bonchev–Trinajstić information content (AvgIpc) is 3.10. The van der Waals surface area contributed by atoms with Crippen molar-refractivity contribution in [2.75, 3.05) is 0 Å². The molecule has 2 N–H and O–H groups in total. The van der Waals surface area contributed by atoms with E-state index >= 15 is 0 Å². The van der Waals surface area contributed by atoms with Crippen molar-refractivity contribution in [3.05, 3.63) is 35.9 Å². The molecule has 3 rings (SSSR count). The Kier molecular flexibility index (Phi) is 8.38. The number of cyclic esters (lactones) is 1. The molecule has 1 aromatic carbocycles. The van der Waals surface area contributed by atoms with E-state index in [2.05, 4.69) is 10.6 Å². The van der Waals surface area contributed by atoms with Gasteiger partial charge in [0.05, 0.1) is 12.0 Å². The first-order valence-electron chi connectivity index (χ1n) is 12.2. The molecule has 7 heteroatoms. The molecule has 0 spiro atoms. The van der Waals surface area contributed by atoms with E-state index < -0.39 is 17.7 Å². The van der Waals surface area contributed by atoms with Crippen LogP contribution in [0.4, 0.5) is 4.79 Å². The molecular weight excluding hydrogens is 420 g/mol. The number of hydrogen-bond acceptors (Lipinski definition) is 5. The molecule has 0 radical (unpaired) electrons. The Morgan fingerprint density at radius 3 is 2.33 bits per heavy atom. The molecule has 7 nitrogen and oxygen atoms in total. The van der Waals surface area contributed by atoms with Crippen molar-refractivity contribution >= 4 is 18.0 Å². The Balaban J connectivity index is 1.77. The van der Waals surface area contributed by atoms with Gasteiger partial charge >= 0.3 is 12.1 Å². The fourth-order valence-electron chi connectivity index (χ4n) is 4.73. The van der Waals surface area contributed by atoms with Gasteiger partial charge in [-0.25, -0.2) is 4.79 Å². The highest BCUT2D eigenvalue weighted by Gasteiger charge is 2.39. The van der Waals surface area contributed by atoms with Crippen LogP contribution in [0.3, 0.4) is 0 Å². The summed E-state index contributed by atoms with van der Waals surface area (Å²) in [4.78, 5) is 38.1.